The molecule has 0 saturated heterocycles. The van der Waals surface area contributed by atoms with E-state index in [4.69, 9.17) is 14.5 Å². The number of thioether (sulfide) groups is 1. The van der Waals surface area contributed by atoms with Crippen LogP contribution in [0.2, 0.25) is 0 Å². The number of benzene rings is 1. The van der Waals surface area contributed by atoms with Crippen LogP contribution in [0.15, 0.2) is 40.3 Å². The van der Waals surface area contributed by atoms with Crippen LogP contribution >= 0.6 is 23.1 Å². The molecule has 166 valence electrons. The van der Waals surface area contributed by atoms with Crippen LogP contribution in [-0.2, 0) is 32.2 Å². The molecule has 10 heteroatoms. The summed E-state index contributed by atoms with van der Waals surface area (Å²) in [5.74, 6) is 2.79. The maximum Gasteiger partial charge on any atom is 0.259 e. The van der Waals surface area contributed by atoms with Crippen molar-refractivity contribution in [1.82, 2.24) is 24.1 Å². The molecule has 0 radical (unpaired) electrons. The second-order valence-corrected chi connectivity index (χ2v) is 9.60. The number of hydrogen-bond acceptors (Lipinski definition) is 8. The van der Waals surface area contributed by atoms with Crippen molar-refractivity contribution in [2.45, 2.75) is 43.2 Å². The zero-order valence-electron chi connectivity index (χ0n) is 17.9. The first-order valence-electron chi connectivity index (χ1n) is 10.4. The number of ether oxygens (including phenoxy) is 2. The van der Waals surface area contributed by atoms with Crippen LogP contribution in [0.4, 0.5) is 0 Å². The predicted molar refractivity (Wildman–Crippen MR) is 124 cm³/mol. The summed E-state index contributed by atoms with van der Waals surface area (Å²) in [4.78, 5) is 19.6. The molecule has 3 heterocycles. The van der Waals surface area contributed by atoms with Gasteiger partial charge in [0.15, 0.2) is 15.9 Å². The lowest BCUT2D eigenvalue weighted by molar-refractivity contribution is 0.290. The van der Waals surface area contributed by atoms with Crippen molar-refractivity contribution in [2.24, 2.45) is 7.05 Å². The summed E-state index contributed by atoms with van der Waals surface area (Å²) in [5, 5.41) is 9.28. The van der Waals surface area contributed by atoms with Crippen LogP contribution in [0.25, 0.3) is 4.96 Å². The van der Waals surface area contributed by atoms with Gasteiger partial charge in [0.1, 0.15) is 18.1 Å². The summed E-state index contributed by atoms with van der Waals surface area (Å²) in [6.45, 7) is 0.308. The molecule has 0 fully saturated rings. The quantitative estimate of drug-likeness (QED) is 0.382. The molecule has 0 spiro atoms. The van der Waals surface area contributed by atoms with E-state index < -0.39 is 0 Å². The van der Waals surface area contributed by atoms with Gasteiger partial charge in [-0.1, -0.05) is 11.8 Å². The predicted octanol–water partition coefficient (Wildman–Crippen LogP) is 3.64. The van der Waals surface area contributed by atoms with E-state index in [0.29, 0.717) is 12.4 Å². The number of nitrogens with zero attached hydrogens (tertiary/aromatic N) is 5. The molecule has 1 aromatic carbocycles. The molecule has 3 aromatic heterocycles. The fraction of sp³-hybridized carbons (Fsp3) is 0.364. The van der Waals surface area contributed by atoms with Gasteiger partial charge in [-0.3, -0.25) is 9.20 Å². The molecule has 0 atom stereocenters. The number of thiazole rings is 1. The largest absolute Gasteiger partial charge is 0.497 e. The number of fused-ring (bicyclic) bond motifs is 3. The lowest BCUT2D eigenvalue weighted by Gasteiger charge is -2.10. The molecule has 4 aromatic rings. The SMILES string of the molecule is COc1ccc(OCc2nnc(SCc3cc(=O)n4c5c(sc4n3)CCCC5)n2C)cc1. The average molecular weight is 470 g/mol. The Morgan fingerprint density at radius 2 is 1.91 bits per heavy atom. The highest BCUT2D eigenvalue weighted by molar-refractivity contribution is 7.98. The third kappa shape index (κ3) is 4.12. The van der Waals surface area contributed by atoms with E-state index >= 15 is 0 Å². The average Bonchev–Trinajstić information content (AvgIpc) is 3.36. The molecule has 1 aliphatic rings. The lowest BCUT2D eigenvalue weighted by Crippen LogP contribution is -2.17. The van der Waals surface area contributed by atoms with E-state index in [1.165, 1.54) is 23.1 Å². The van der Waals surface area contributed by atoms with Gasteiger partial charge in [-0.2, -0.15) is 0 Å². The molecule has 32 heavy (non-hydrogen) atoms. The van der Waals surface area contributed by atoms with Gasteiger partial charge in [-0.15, -0.1) is 21.5 Å². The Morgan fingerprint density at radius 1 is 1.12 bits per heavy atom. The monoisotopic (exact) mass is 469 g/mol. The van der Waals surface area contributed by atoms with Crippen molar-refractivity contribution in [3.63, 3.8) is 0 Å². The Kier molecular flexibility index (Phi) is 5.88. The van der Waals surface area contributed by atoms with E-state index in [9.17, 15) is 4.79 Å². The third-order valence-corrected chi connectivity index (χ3v) is 7.71. The van der Waals surface area contributed by atoms with Crippen molar-refractivity contribution in [1.29, 1.82) is 0 Å². The Balaban J connectivity index is 1.26. The molecule has 1 aliphatic carbocycles. The maximum atomic E-state index is 12.7. The number of hydrogen-bond donors (Lipinski definition) is 0. The van der Waals surface area contributed by atoms with Gasteiger partial charge < -0.3 is 14.0 Å². The number of aryl methyl sites for hydroxylation is 2. The van der Waals surface area contributed by atoms with Gasteiger partial charge in [0.25, 0.3) is 5.56 Å². The molecular formula is C22H23N5O3S2. The van der Waals surface area contributed by atoms with Gasteiger partial charge in [0.2, 0.25) is 0 Å². The highest BCUT2D eigenvalue weighted by Gasteiger charge is 2.19. The van der Waals surface area contributed by atoms with Crippen molar-refractivity contribution in [2.75, 3.05) is 7.11 Å². The highest BCUT2D eigenvalue weighted by Crippen LogP contribution is 2.29. The van der Waals surface area contributed by atoms with Crippen molar-refractivity contribution in [3.05, 3.63) is 62.8 Å². The first-order chi connectivity index (χ1) is 15.6. The van der Waals surface area contributed by atoms with E-state index in [2.05, 4.69) is 10.2 Å². The Bertz CT molecular complexity index is 1310. The number of aromatic nitrogens is 5. The summed E-state index contributed by atoms with van der Waals surface area (Å²) in [5.41, 5.74) is 1.93. The Hall–Kier alpha value is -2.85. The molecule has 0 unspecified atom stereocenters. The molecule has 8 nitrogen and oxygen atoms in total. The minimum atomic E-state index is 0.0107. The number of methoxy groups -OCH3 is 1. The summed E-state index contributed by atoms with van der Waals surface area (Å²) in [7, 11) is 3.54. The summed E-state index contributed by atoms with van der Waals surface area (Å²) in [6, 6.07) is 9.06. The van der Waals surface area contributed by atoms with E-state index in [1.54, 1.807) is 28.9 Å². The summed E-state index contributed by atoms with van der Waals surface area (Å²) in [6.07, 6.45) is 4.34. The van der Waals surface area contributed by atoms with E-state index in [-0.39, 0.29) is 5.56 Å². The van der Waals surface area contributed by atoms with E-state index in [1.807, 2.05) is 35.9 Å². The second-order valence-electron chi connectivity index (χ2n) is 7.59. The fourth-order valence-corrected chi connectivity index (χ4v) is 5.83. The van der Waals surface area contributed by atoms with Crippen molar-refractivity contribution < 1.29 is 9.47 Å². The van der Waals surface area contributed by atoms with Crippen LogP contribution < -0.4 is 15.0 Å². The zero-order chi connectivity index (χ0) is 22.1. The molecular weight excluding hydrogens is 446 g/mol. The minimum absolute atomic E-state index is 0.0107. The van der Waals surface area contributed by atoms with Crippen LogP contribution in [0, 0.1) is 0 Å². The molecule has 0 N–H and O–H groups in total. The Morgan fingerprint density at radius 3 is 2.72 bits per heavy atom. The van der Waals surface area contributed by atoms with Crippen LogP contribution in [0.1, 0.15) is 34.9 Å². The molecule has 5 rings (SSSR count). The molecule has 0 aliphatic heterocycles. The van der Waals surface area contributed by atoms with Crippen molar-refractivity contribution >= 4 is 28.1 Å². The molecule has 0 bridgehead atoms. The minimum Gasteiger partial charge on any atom is -0.497 e. The van der Waals surface area contributed by atoms with Crippen LogP contribution in [0.3, 0.4) is 0 Å². The van der Waals surface area contributed by atoms with Crippen molar-refractivity contribution in [3.8, 4) is 11.5 Å². The first kappa shape index (κ1) is 21.0. The molecule has 0 amide bonds. The summed E-state index contributed by atoms with van der Waals surface area (Å²) >= 11 is 3.16. The Labute approximate surface area is 193 Å². The smallest absolute Gasteiger partial charge is 0.259 e. The van der Waals surface area contributed by atoms with Gasteiger partial charge in [0, 0.05) is 29.4 Å². The van der Waals surface area contributed by atoms with Gasteiger partial charge in [0.05, 0.1) is 12.8 Å². The zero-order valence-corrected chi connectivity index (χ0v) is 19.5. The van der Waals surface area contributed by atoms with Gasteiger partial charge in [-0.25, -0.2) is 4.98 Å². The standard InChI is InChI=1S/C22H23N5O3S2/c1-26-19(12-30-16-9-7-15(29-2)8-10-16)24-25-22(26)31-13-14-11-20(28)27-17-5-3-4-6-18(17)32-21(27)23-14/h7-11H,3-6,12-13H2,1-2H3. The normalized spacial score (nSPS) is 13.3. The van der Waals surface area contributed by atoms with Crippen LogP contribution in [0.5, 0.6) is 11.5 Å². The first-order valence-corrected chi connectivity index (χ1v) is 12.2. The molecule has 0 saturated carbocycles. The van der Waals surface area contributed by atoms with E-state index in [0.717, 1.165) is 58.1 Å². The number of rotatable bonds is 7. The fourth-order valence-electron chi connectivity index (χ4n) is 3.77. The van der Waals surface area contributed by atoms with Gasteiger partial charge >= 0.3 is 0 Å². The topological polar surface area (TPSA) is 83.5 Å². The van der Waals surface area contributed by atoms with Gasteiger partial charge in [-0.05, 0) is 49.9 Å². The maximum absolute atomic E-state index is 12.7. The third-order valence-electron chi connectivity index (χ3n) is 5.52. The lowest BCUT2D eigenvalue weighted by atomic mass is 10.0. The summed E-state index contributed by atoms with van der Waals surface area (Å²) < 4.78 is 14.7. The second kappa shape index (κ2) is 8.95. The van der Waals surface area contributed by atoms with Crippen LogP contribution in [-0.4, -0.2) is 31.3 Å². The highest BCUT2D eigenvalue weighted by atomic mass is 32.2.